The second kappa shape index (κ2) is 7.25. The SMILES string of the molecule is CC(=O)NC1CCCN(CC(C)=Cc2ccccc2)C1. The normalized spacial score (nSPS) is 20.7. The molecule has 0 aliphatic carbocycles. The predicted octanol–water partition coefficient (Wildman–Crippen LogP) is 2.69. The van der Waals surface area contributed by atoms with E-state index in [1.807, 2.05) is 6.07 Å². The van der Waals surface area contributed by atoms with Gasteiger partial charge >= 0.3 is 0 Å². The third kappa shape index (κ3) is 4.82. The highest BCUT2D eigenvalue weighted by Gasteiger charge is 2.20. The average molecular weight is 272 g/mol. The van der Waals surface area contributed by atoms with Gasteiger partial charge in [-0.05, 0) is 31.9 Å². The second-order valence-electron chi connectivity index (χ2n) is 5.68. The standard InChI is InChI=1S/C17H24N2O/c1-14(11-16-7-4-3-5-8-16)12-19-10-6-9-17(13-19)18-15(2)20/h3-5,7-8,11,17H,6,9-10,12-13H2,1-2H3,(H,18,20). The Balaban J connectivity index is 1.89. The first-order valence-corrected chi connectivity index (χ1v) is 7.35. The van der Waals surface area contributed by atoms with E-state index in [4.69, 9.17) is 0 Å². The summed E-state index contributed by atoms with van der Waals surface area (Å²) in [6.07, 6.45) is 4.49. The number of piperidine rings is 1. The van der Waals surface area contributed by atoms with Gasteiger partial charge in [0.2, 0.25) is 5.91 Å². The van der Waals surface area contributed by atoms with Gasteiger partial charge in [-0.15, -0.1) is 0 Å². The zero-order valence-corrected chi connectivity index (χ0v) is 12.4. The van der Waals surface area contributed by atoms with E-state index in [2.05, 4.69) is 47.5 Å². The lowest BCUT2D eigenvalue weighted by Gasteiger charge is -2.33. The van der Waals surface area contributed by atoms with Crippen molar-refractivity contribution in [2.75, 3.05) is 19.6 Å². The Kier molecular flexibility index (Phi) is 5.36. The second-order valence-corrected chi connectivity index (χ2v) is 5.68. The van der Waals surface area contributed by atoms with Gasteiger partial charge in [0, 0.05) is 26.1 Å². The average Bonchev–Trinajstić information content (AvgIpc) is 2.39. The highest BCUT2D eigenvalue weighted by molar-refractivity contribution is 5.73. The fourth-order valence-electron chi connectivity index (χ4n) is 2.84. The topological polar surface area (TPSA) is 32.3 Å². The van der Waals surface area contributed by atoms with Crippen LogP contribution in [0, 0.1) is 0 Å². The summed E-state index contributed by atoms with van der Waals surface area (Å²) in [5.74, 6) is 0.0772. The molecule has 1 aliphatic rings. The van der Waals surface area contributed by atoms with Crippen molar-refractivity contribution in [1.82, 2.24) is 10.2 Å². The molecule has 1 saturated heterocycles. The molecule has 0 radical (unpaired) electrons. The third-order valence-electron chi connectivity index (χ3n) is 3.60. The number of nitrogens with one attached hydrogen (secondary N) is 1. The molecule has 108 valence electrons. The molecule has 3 nitrogen and oxygen atoms in total. The van der Waals surface area contributed by atoms with Crippen molar-refractivity contribution in [2.45, 2.75) is 32.7 Å². The van der Waals surface area contributed by atoms with E-state index < -0.39 is 0 Å². The van der Waals surface area contributed by atoms with Crippen molar-refractivity contribution in [3.63, 3.8) is 0 Å². The Morgan fingerprint density at radius 2 is 2.10 bits per heavy atom. The van der Waals surface area contributed by atoms with Gasteiger partial charge in [-0.1, -0.05) is 42.0 Å². The van der Waals surface area contributed by atoms with Crippen LogP contribution in [0.15, 0.2) is 35.9 Å². The lowest BCUT2D eigenvalue weighted by atomic mass is 10.0. The van der Waals surface area contributed by atoms with E-state index in [0.717, 1.165) is 32.5 Å². The maximum Gasteiger partial charge on any atom is 0.217 e. The van der Waals surface area contributed by atoms with Crippen LogP contribution in [0.4, 0.5) is 0 Å². The number of benzene rings is 1. The number of carbonyl (C=O) groups is 1. The molecule has 1 atom stereocenters. The van der Waals surface area contributed by atoms with Gasteiger partial charge in [-0.2, -0.15) is 0 Å². The number of likely N-dealkylation sites (tertiary alicyclic amines) is 1. The van der Waals surface area contributed by atoms with Gasteiger partial charge in [-0.3, -0.25) is 9.69 Å². The maximum atomic E-state index is 11.1. The summed E-state index contributed by atoms with van der Waals surface area (Å²) in [5.41, 5.74) is 2.61. The molecule has 0 saturated carbocycles. The van der Waals surface area contributed by atoms with Crippen molar-refractivity contribution >= 4 is 12.0 Å². The third-order valence-corrected chi connectivity index (χ3v) is 3.60. The quantitative estimate of drug-likeness (QED) is 0.914. The van der Waals surface area contributed by atoms with Crippen LogP contribution >= 0.6 is 0 Å². The number of nitrogens with zero attached hydrogens (tertiary/aromatic N) is 1. The molecule has 3 heteroatoms. The fraction of sp³-hybridized carbons (Fsp3) is 0.471. The molecule has 1 aliphatic heterocycles. The Morgan fingerprint density at radius 3 is 2.80 bits per heavy atom. The fourth-order valence-corrected chi connectivity index (χ4v) is 2.84. The highest BCUT2D eigenvalue weighted by Crippen LogP contribution is 2.13. The molecule has 20 heavy (non-hydrogen) atoms. The Bertz CT molecular complexity index is 467. The van der Waals surface area contributed by atoms with Crippen LogP contribution in [0.5, 0.6) is 0 Å². The number of hydrogen-bond donors (Lipinski definition) is 1. The summed E-state index contributed by atoms with van der Waals surface area (Å²) < 4.78 is 0. The summed E-state index contributed by atoms with van der Waals surface area (Å²) in [6.45, 7) is 6.83. The van der Waals surface area contributed by atoms with Crippen LogP contribution in [0.1, 0.15) is 32.3 Å². The summed E-state index contributed by atoms with van der Waals surface area (Å²) in [5, 5.41) is 3.03. The van der Waals surface area contributed by atoms with Gasteiger partial charge in [0.15, 0.2) is 0 Å². The number of amides is 1. The van der Waals surface area contributed by atoms with Gasteiger partial charge in [0.05, 0.1) is 0 Å². The van der Waals surface area contributed by atoms with Crippen LogP contribution in [-0.2, 0) is 4.79 Å². The van der Waals surface area contributed by atoms with Crippen molar-refractivity contribution in [3.8, 4) is 0 Å². The molecule has 1 aromatic carbocycles. The lowest BCUT2D eigenvalue weighted by molar-refractivity contribution is -0.120. The van der Waals surface area contributed by atoms with E-state index in [1.165, 1.54) is 11.1 Å². The summed E-state index contributed by atoms with van der Waals surface area (Å²) in [7, 11) is 0. The number of carbonyl (C=O) groups excluding carboxylic acids is 1. The first kappa shape index (κ1) is 14.8. The van der Waals surface area contributed by atoms with E-state index in [-0.39, 0.29) is 5.91 Å². The molecule has 1 heterocycles. The van der Waals surface area contributed by atoms with Crippen LogP contribution in [0.2, 0.25) is 0 Å². The van der Waals surface area contributed by atoms with E-state index >= 15 is 0 Å². The summed E-state index contributed by atoms with van der Waals surface area (Å²) >= 11 is 0. The molecule has 1 unspecified atom stereocenters. The first-order valence-electron chi connectivity index (χ1n) is 7.35. The Labute approximate surface area is 121 Å². The van der Waals surface area contributed by atoms with Crippen LogP contribution in [0.3, 0.4) is 0 Å². The van der Waals surface area contributed by atoms with E-state index in [1.54, 1.807) is 6.92 Å². The monoisotopic (exact) mass is 272 g/mol. The molecule has 0 spiro atoms. The molecular formula is C17H24N2O. The number of rotatable bonds is 4. The molecule has 0 bridgehead atoms. The van der Waals surface area contributed by atoms with Gasteiger partial charge in [0.1, 0.15) is 0 Å². The minimum Gasteiger partial charge on any atom is -0.352 e. The van der Waals surface area contributed by atoms with E-state index in [0.29, 0.717) is 6.04 Å². The summed E-state index contributed by atoms with van der Waals surface area (Å²) in [6, 6.07) is 10.7. The van der Waals surface area contributed by atoms with Gasteiger partial charge in [-0.25, -0.2) is 0 Å². The first-order chi connectivity index (χ1) is 9.63. The highest BCUT2D eigenvalue weighted by atomic mass is 16.1. The van der Waals surface area contributed by atoms with Gasteiger partial charge < -0.3 is 5.32 Å². The minimum atomic E-state index is 0.0772. The molecular weight excluding hydrogens is 248 g/mol. The molecule has 1 aromatic rings. The summed E-state index contributed by atoms with van der Waals surface area (Å²) in [4.78, 5) is 13.6. The minimum absolute atomic E-state index is 0.0772. The zero-order valence-electron chi connectivity index (χ0n) is 12.4. The molecule has 1 amide bonds. The lowest BCUT2D eigenvalue weighted by Crippen LogP contribution is -2.47. The van der Waals surface area contributed by atoms with Crippen LogP contribution in [-0.4, -0.2) is 36.5 Å². The largest absolute Gasteiger partial charge is 0.352 e. The van der Waals surface area contributed by atoms with Gasteiger partial charge in [0.25, 0.3) is 0 Å². The molecule has 0 aromatic heterocycles. The molecule has 1 fully saturated rings. The number of hydrogen-bond acceptors (Lipinski definition) is 2. The maximum absolute atomic E-state index is 11.1. The van der Waals surface area contributed by atoms with Crippen LogP contribution in [0.25, 0.3) is 6.08 Å². The van der Waals surface area contributed by atoms with E-state index in [9.17, 15) is 4.79 Å². The Hall–Kier alpha value is -1.61. The van der Waals surface area contributed by atoms with Crippen molar-refractivity contribution in [3.05, 3.63) is 41.5 Å². The van der Waals surface area contributed by atoms with Crippen molar-refractivity contribution in [2.24, 2.45) is 0 Å². The smallest absolute Gasteiger partial charge is 0.217 e. The van der Waals surface area contributed by atoms with Crippen molar-refractivity contribution < 1.29 is 4.79 Å². The van der Waals surface area contributed by atoms with Crippen molar-refractivity contribution in [1.29, 1.82) is 0 Å². The molecule has 1 N–H and O–H groups in total. The zero-order chi connectivity index (χ0) is 14.4. The Morgan fingerprint density at radius 1 is 1.35 bits per heavy atom. The predicted molar refractivity (Wildman–Crippen MR) is 83.4 cm³/mol. The molecule has 2 rings (SSSR count). The van der Waals surface area contributed by atoms with Crippen LogP contribution < -0.4 is 5.32 Å².